The highest BCUT2D eigenvalue weighted by atomic mass is 16.5. The molecule has 0 fully saturated rings. The molecule has 2 aromatic carbocycles. The first-order chi connectivity index (χ1) is 18.5. The first kappa shape index (κ1) is 28.9. The van der Waals surface area contributed by atoms with Gasteiger partial charge in [-0.15, -0.1) is 13.2 Å². The van der Waals surface area contributed by atoms with Crippen LogP contribution in [0, 0.1) is 5.92 Å². The first-order valence-corrected chi connectivity index (χ1v) is 13.2. The predicted molar refractivity (Wildman–Crippen MR) is 147 cm³/mol. The van der Waals surface area contributed by atoms with Crippen LogP contribution in [0.5, 0.6) is 0 Å². The molecule has 2 amide bonds. The van der Waals surface area contributed by atoms with Crippen molar-refractivity contribution in [3.8, 4) is 0 Å². The smallest absolute Gasteiger partial charge is 0.306 e. The van der Waals surface area contributed by atoms with Crippen molar-refractivity contribution in [3.05, 3.63) is 96.6 Å². The average Bonchev–Trinajstić information content (AvgIpc) is 2.94. The lowest BCUT2D eigenvalue weighted by Crippen LogP contribution is -2.47. The van der Waals surface area contributed by atoms with E-state index in [-0.39, 0.29) is 49.8 Å². The van der Waals surface area contributed by atoms with Gasteiger partial charge in [-0.3, -0.25) is 14.4 Å². The summed E-state index contributed by atoms with van der Waals surface area (Å²) < 4.78 is 5.70. The number of ether oxygens (including phenoxy) is 1. The van der Waals surface area contributed by atoms with E-state index in [9.17, 15) is 19.5 Å². The van der Waals surface area contributed by atoms with Gasteiger partial charge in [0.2, 0.25) is 11.8 Å². The van der Waals surface area contributed by atoms with Crippen LogP contribution >= 0.6 is 0 Å². The minimum atomic E-state index is -0.645. The summed E-state index contributed by atoms with van der Waals surface area (Å²) in [5.41, 5.74) is 2.96. The van der Waals surface area contributed by atoms with Crippen LogP contribution < -0.4 is 5.32 Å². The van der Waals surface area contributed by atoms with Gasteiger partial charge in [0.25, 0.3) is 0 Å². The van der Waals surface area contributed by atoms with Gasteiger partial charge in [-0.1, -0.05) is 66.7 Å². The summed E-state index contributed by atoms with van der Waals surface area (Å²) >= 11 is 0. The van der Waals surface area contributed by atoms with Gasteiger partial charge in [0.15, 0.2) is 0 Å². The monoisotopic (exact) mass is 518 g/mol. The number of carbonyl (C=O) groups is 3. The van der Waals surface area contributed by atoms with Gasteiger partial charge in [0, 0.05) is 19.4 Å². The molecule has 1 aliphatic heterocycles. The van der Waals surface area contributed by atoms with E-state index in [1.807, 2.05) is 54.6 Å². The highest BCUT2D eigenvalue weighted by Crippen LogP contribution is 2.25. The number of amides is 2. The van der Waals surface area contributed by atoms with E-state index in [0.717, 1.165) is 23.1 Å². The van der Waals surface area contributed by atoms with E-state index in [0.29, 0.717) is 25.8 Å². The number of benzene rings is 2. The largest absolute Gasteiger partial charge is 0.456 e. The Labute approximate surface area is 225 Å². The average molecular weight is 519 g/mol. The molecule has 0 unspecified atom stereocenters. The number of aliphatic hydroxyl groups is 1. The minimum absolute atomic E-state index is 0.00609. The predicted octanol–water partition coefficient (Wildman–Crippen LogP) is 4.27. The maximum absolute atomic E-state index is 13.3. The molecule has 7 heteroatoms. The summed E-state index contributed by atoms with van der Waals surface area (Å²) in [6.45, 7) is 7.78. The second kappa shape index (κ2) is 14.9. The summed E-state index contributed by atoms with van der Waals surface area (Å²) in [5.74, 6) is -1.46. The highest BCUT2D eigenvalue weighted by Gasteiger charge is 2.32. The lowest BCUT2D eigenvalue weighted by molar-refractivity contribution is -0.150. The van der Waals surface area contributed by atoms with Gasteiger partial charge < -0.3 is 20.1 Å². The topological polar surface area (TPSA) is 95.9 Å². The Morgan fingerprint density at radius 3 is 2.45 bits per heavy atom. The molecule has 2 aromatic rings. The molecule has 1 aliphatic rings. The SMILES string of the molecule is C=CCCCC(=O)O[C@@H](CNC(=O)[C@H](CC=C)CC(=O)N1Cc2ccccc2C[C@H]1CO)c1ccccc1. The van der Waals surface area contributed by atoms with Gasteiger partial charge >= 0.3 is 5.97 Å². The molecule has 38 heavy (non-hydrogen) atoms. The fraction of sp³-hybridized carbons (Fsp3) is 0.387. The number of carbonyl (C=O) groups excluding carboxylic acids is 3. The maximum Gasteiger partial charge on any atom is 0.306 e. The quantitative estimate of drug-likeness (QED) is 0.221. The lowest BCUT2D eigenvalue weighted by atomic mass is 9.92. The van der Waals surface area contributed by atoms with Gasteiger partial charge in [-0.05, 0) is 42.4 Å². The van der Waals surface area contributed by atoms with Gasteiger partial charge in [0.1, 0.15) is 6.10 Å². The zero-order valence-corrected chi connectivity index (χ0v) is 21.9. The fourth-order valence-electron chi connectivity index (χ4n) is 4.70. The maximum atomic E-state index is 13.3. The fourth-order valence-corrected chi connectivity index (χ4v) is 4.70. The van der Waals surface area contributed by atoms with Crippen LogP contribution in [0.2, 0.25) is 0 Å². The zero-order valence-electron chi connectivity index (χ0n) is 21.9. The molecule has 0 spiro atoms. The lowest BCUT2D eigenvalue weighted by Gasteiger charge is -2.36. The van der Waals surface area contributed by atoms with E-state index in [4.69, 9.17) is 4.74 Å². The summed E-state index contributed by atoms with van der Waals surface area (Å²) in [7, 11) is 0. The van der Waals surface area contributed by atoms with Gasteiger partial charge in [0.05, 0.1) is 25.1 Å². The van der Waals surface area contributed by atoms with Gasteiger partial charge in [-0.25, -0.2) is 0 Å². The Kier molecular flexibility index (Phi) is 11.3. The zero-order chi connectivity index (χ0) is 27.3. The normalized spacial score (nSPS) is 16.0. The van der Waals surface area contributed by atoms with Crippen molar-refractivity contribution < 1.29 is 24.2 Å². The second-order valence-electron chi connectivity index (χ2n) is 9.57. The summed E-state index contributed by atoms with van der Waals surface area (Å²) in [6, 6.07) is 16.8. The number of nitrogens with one attached hydrogen (secondary N) is 1. The van der Waals surface area contributed by atoms with Crippen LogP contribution in [-0.2, 0) is 32.1 Å². The number of unbranched alkanes of at least 4 members (excludes halogenated alkanes) is 1. The Morgan fingerprint density at radius 1 is 1.05 bits per heavy atom. The van der Waals surface area contributed by atoms with E-state index in [2.05, 4.69) is 18.5 Å². The van der Waals surface area contributed by atoms with Crippen LogP contribution in [0.3, 0.4) is 0 Å². The van der Waals surface area contributed by atoms with Gasteiger partial charge in [-0.2, -0.15) is 0 Å². The van der Waals surface area contributed by atoms with Crippen molar-refractivity contribution in [1.29, 1.82) is 0 Å². The molecule has 0 aliphatic carbocycles. The minimum Gasteiger partial charge on any atom is -0.456 e. The number of fused-ring (bicyclic) bond motifs is 1. The van der Waals surface area contributed by atoms with Crippen molar-refractivity contribution in [3.63, 3.8) is 0 Å². The Hall–Kier alpha value is -3.71. The van der Waals surface area contributed by atoms with E-state index in [1.165, 1.54) is 0 Å². The van der Waals surface area contributed by atoms with E-state index < -0.39 is 12.0 Å². The third-order valence-electron chi connectivity index (χ3n) is 6.83. The molecule has 0 aromatic heterocycles. The van der Waals surface area contributed by atoms with Crippen molar-refractivity contribution in [2.75, 3.05) is 13.2 Å². The van der Waals surface area contributed by atoms with Crippen molar-refractivity contribution in [2.45, 2.75) is 57.2 Å². The van der Waals surface area contributed by atoms with Crippen LogP contribution in [0.25, 0.3) is 0 Å². The van der Waals surface area contributed by atoms with Crippen molar-refractivity contribution in [1.82, 2.24) is 10.2 Å². The molecule has 7 nitrogen and oxygen atoms in total. The van der Waals surface area contributed by atoms with E-state index in [1.54, 1.807) is 17.1 Å². The molecule has 0 bridgehead atoms. The van der Waals surface area contributed by atoms with Crippen molar-refractivity contribution >= 4 is 17.8 Å². The summed E-state index contributed by atoms with van der Waals surface area (Å²) in [5, 5.41) is 12.8. The second-order valence-corrected chi connectivity index (χ2v) is 9.57. The molecule has 0 saturated heterocycles. The number of hydrogen-bond acceptors (Lipinski definition) is 5. The summed E-state index contributed by atoms with van der Waals surface area (Å²) in [4.78, 5) is 40.6. The number of rotatable bonds is 14. The molecular weight excluding hydrogens is 480 g/mol. The van der Waals surface area contributed by atoms with Crippen molar-refractivity contribution in [2.24, 2.45) is 5.92 Å². The Balaban J connectivity index is 1.65. The molecule has 3 rings (SSSR count). The third kappa shape index (κ3) is 8.15. The molecule has 0 radical (unpaired) electrons. The number of allylic oxidation sites excluding steroid dienone is 2. The molecular formula is C31H38N2O5. The number of esters is 1. The Morgan fingerprint density at radius 2 is 1.76 bits per heavy atom. The highest BCUT2D eigenvalue weighted by molar-refractivity contribution is 5.86. The standard InChI is InChI=1S/C31H38N2O5/c1-3-5-7-17-30(36)38-28(23-13-8-6-9-14-23)20-32-31(37)25(12-4-2)19-29(35)33-21-26-16-11-10-15-24(26)18-27(33)22-34/h3-4,6,8-11,13-16,25,27-28,34H,1-2,5,7,12,17-22H2,(H,32,37)/t25-,27+,28+/m1/s1. The third-order valence-corrected chi connectivity index (χ3v) is 6.83. The molecule has 1 heterocycles. The molecule has 2 N–H and O–H groups in total. The van der Waals surface area contributed by atoms with Crippen LogP contribution in [0.1, 0.15) is 54.9 Å². The Bertz CT molecular complexity index is 1100. The number of aliphatic hydroxyl groups excluding tert-OH is 1. The summed E-state index contributed by atoms with van der Waals surface area (Å²) in [6.07, 6.45) is 5.27. The molecule has 3 atom stereocenters. The van der Waals surface area contributed by atoms with Crippen LogP contribution in [0.15, 0.2) is 79.9 Å². The van der Waals surface area contributed by atoms with E-state index >= 15 is 0 Å². The van der Waals surface area contributed by atoms with Crippen LogP contribution in [-0.4, -0.2) is 47.0 Å². The first-order valence-electron chi connectivity index (χ1n) is 13.2. The molecule has 0 saturated carbocycles. The van der Waals surface area contributed by atoms with Crippen LogP contribution in [0.4, 0.5) is 0 Å². The molecule has 202 valence electrons. The number of nitrogens with zero attached hydrogens (tertiary/aromatic N) is 1. The number of hydrogen-bond donors (Lipinski definition) is 2.